The number of hydrogen-bond acceptors (Lipinski definition) is 13. The molecule has 6 aliphatic carbocycles. The second kappa shape index (κ2) is 25.8. The predicted molar refractivity (Wildman–Crippen MR) is 349 cm³/mol. The number of hydrogen-bond donors (Lipinski definition) is 4. The number of nitrogens with two attached hydrogens (primary N) is 1. The summed E-state index contributed by atoms with van der Waals surface area (Å²) in [5, 5.41) is 24.6. The first-order valence-corrected chi connectivity index (χ1v) is 33.6. The van der Waals surface area contributed by atoms with Gasteiger partial charge in [0.15, 0.2) is 21.9 Å². The number of nitrogens with one attached hydrogen (secondary N) is 2. The van der Waals surface area contributed by atoms with Gasteiger partial charge in [-0.2, -0.15) is 0 Å². The molecular formula is C69H78Cl5F2N7O9. The maximum absolute atomic E-state index is 16.1. The summed E-state index contributed by atoms with van der Waals surface area (Å²) in [6.45, 7) is 8.89. The number of halogens is 7. The van der Waals surface area contributed by atoms with Crippen LogP contribution in [0.25, 0.3) is 0 Å². The number of oxime groups is 2. The van der Waals surface area contributed by atoms with E-state index in [-0.39, 0.29) is 98.9 Å². The number of pyridine rings is 2. The molecule has 2 aromatic heterocycles. The molecular weight excluding hydrogens is 1290 g/mol. The zero-order valence-corrected chi connectivity index (χ0v) is 55.8. The van der Waals surface area contributed by atoms with Crippen LogP contribution in [0.4, 0.5) is 20.2 Å². The van der Waals surface area contributed by atoms with Crippen LogP contribution in [0, 0.1) is 62.9 Å². The van der Waals surface area contributed by atoms with Crippen LogP contribution in [0.2, 0.25) is 20.4 Å². The van der Waals surface area contributed by atoms with Gasteiger partial charge in [-0.1, -0.05) is 96.5 Å². The van der Waals surface area contributed by atoms with Gasteiger partial charge in [-0.05, 0) is 202 Å². The maximum atomic E-state index is 16.1. The van der Waals surface area contributed by atoms with Crippen molar-refractivity contribution in [1.29, 1.82) is 0 Å². The second-order valence-corrected chi connectivity index (χ2v) is 30.8. The van der Waals surface area contributed by atoms with Crippen molar-refractivity contribution in [3.05, 3.63) is 115 Å². The zero-order chi connectivity index (χ0) is 64.7. The van der Waals surface area contributed by atoms with Crippen molar-refractivity contribution in [3.63, 3.8) is 0 Å². The number of Topliss-reactive ketones (excluding diaryl/α,β-unsaturated/α-hetero) is 1. The summed E-state index contributed by atoms with van der Waals surface area (Å²) in [4.78, 5) is 95.5. The molecule has 0 saturated heterocycles. The highest BCUT2D eigenvalue weighted by Gasteiger charge is 2.74. The molecule has 0 bridgehead atoms. The molecule has 5 N–H and O–H groups in total. The number of carboxylic acid groups (broad SMARTS) is 1. The van der Waals surface area contributed by atoms with E-state index in [9.17, 15) is 33.9 Å². The van der Waals surface area contributed by atoms with Crippen molar-refractivity contribution in [2.45, 2.75) is 191 Å². The fourth-order valence-electron chi connectivity index (χ4n) is 18.4. The fourth-order valence-corrected chi connectivity index (χ4v) is 19.1. The summed E-state index contributed by atoms with van der Waals surface area (Å²) < 4.78 is 31.6. The van der Waals surface area contributed by atoms with Crippen molar-refractivity contribution in [2.75, 3.05) is 10.6 Å². The van der Waals surface area contributed by atoms with Gasteiger partial charge in [0.2, 0.25) is 11.8 Å². The smallest absolute Gasteiger partial charge is 0.340 e. The number of carbonyl (C=O) groups is 6. The molecule has 6 saturated carbocycles. The molecule has 492 valence electrons. The lowest BCUT2D eigenvalue weighted by Gasteiger charge is -2.51. The van der Waals surface area contributed by atoms with Crippen LogP contribution >= 0.6 is 58.8 Å². The van der Waals surface area contributed by atoms with Crippen LogP contribution in [0.5, 0.6) is 0 Å². The lowest BCUT2D eigenvalue weighted by molar-refractivity contribution is -0.143. The van der Waals surface area contributed by atoms with Gasteiger partial charge < -0.3 is 31.1 Å². The highest BCUT2D eigenvalue weighted by Crippen LogP contribution is 2.74. The van der Waals surface area contributed by atoms with Crippen LogP contribution in [0.15, 0.2) is 71.2 Å². The van der Waals surface area contributed by atoms with Crippen LogP contribution in [0.1, 0.15) is 197 Å². The van der Waals surface area contributed by atoms with Gasteiger partial charge >= 0.3 is 17.9 Å². The molecule has 2 aromatic carbocycles. The number of amides is 2. The lowest BCUT2D eigenvalue weighted by atomic mass is 9.51. The van der Waals surface area contributed by atoms with E-state index in [2.05, 4.69) is 63.4 Å². The minimum absolute atomic E-state index is 0. The van der Waals surface area contributed by atoms with Gasteiger partial charge in [-0.25, -0.2) is 28.3 Å². The molecule has 6 heterocycles. The second-order valence-electron chi connectivity index (χ2n) is 29.2. The molecule has 2 amide bonds. The molecule has 1 unspecified atom stereocenters. The number of anilines is 2. The van der Waals surface area contributed by atoms with Crippen LogP contribution in [-0.2, 0) is 49.3 Å². The van der Waals surface area contributed by atoms with Gasteiger partial charge in [0, 0.05) is 75.9 Å². The van der Waals surface area contributed by atoms with Crippen molar-refractivity contribution in [1.82, 2.24) is 9.97 Å². The molecule has 4 aromatic rings. The van der Waals surface area contributed by atoms with Crippen molar-refractivity contribution in [2.24, 2.45) is 67.3 Å². The first-order valence-electron chi connectivity index (χ1n) is 32.1. The van der Waals surface area contributed by atoms with Gasteiger partial charge in [-0.15, -0.1) is 12.4 Å². The Morgan fingerprint density at radius 2 is 1.00 bits per heavy atom. The third-order valence-electron chi connectivity index (χ3n) is 23.2. The molecule has 6 fully saturated rings. The summed E-state index contributed by atoms with van der Waals surface area (Å²) in [7, 11) is 0. The van der Waals surface area contributed by atoms with E-state index in [1.165, 1.54) is 18.5 Å². The molecule has 23 heteroatoms. The Balaban J connectivity index is 0.000000161. The SMILES string of the molecule is CC1(C)CCC2(CC1)C[C@@H](C(=O)CC1CCC(C3=NOC(=O)C3)CC1)[C@H](c1ccnc(Cl)c1F)[C@]21C(=O)Nc2cc(Cl)ccc21.CC1(C)CCC2(CC1)C[C@@H](C(=O)O)[C@H](c1ccnc(Cl)c1F)C21C(=O)Nc2cc(Cl)ccc21.Cl.NC1CCC(C2=NOC(=O)C2)CC1. The molecule has 0 radical (unpaired) electrons. The van der Waals surface area contributed by atoms with Gasteiger partial charge in [-0.3, -0.25) is 19.2 Å². The van der Waals surface area contributed by atoms with Crippen molar-refractivity contribution >= 4 is 117 Å². The van der Waals surface area contributed by atoms with E-state index in [4.69, 9.17) is 57.0 Å². The molecule has 16 nitrogen and oxygen atoms in total. The molecule has 92 heavy (non-hydrogen) atoms. The standard InChI is InChI=1S/C35H38Cl2FN3O4.C25H25Cl2FN2O3.C9H14N2O2.ClH/c1-33(2)10-12-34(13-11-33)18-23(27(42)15-19-3-5-20(6-4-19)25-17-28(43)45-41-25)29(22-9-14-39-31(37)30(22)38)35(34)24-8-7-21(36)16-26(24)40-32(35)44;1-23(2)6-8-24(9-7-23)12-15(21(31)32)18(14-5-10-29-20(27)19(14)28)25(24)16-4-3-13(26)11-17(16)30-22(25)33;10-7-3-1-6(2-4-7)8-5-9(12)13-11-8;/h7-9,14,16,19-20,23,29H,3-6,10-13,15,17-18H2,1-2H3,(H,40,44);3-5,10-11,15,18H,6-9,12H2,1-2H3,(H,30,33)(H,31,32);6-7H,1-5,10H2;1H/t19?,20?,23-,29-,35+;15-,18+,25?;;/m01../s1. The molecule has 4 spiro atoms. The summed E-state index contributed by atoms with van der Waals surface area (Å²) in [5.41, 5.74) is 7.18. The van der Waals surface area contributed by atoms with E-state index in [0.29, 0.717) is 71.0 Å². The van der Waals surface area contributed by atoms with E-state index >= 15 is 8.78 Å². The summed E-state index contributed by atoms with van der Waals surface area (Å²) >= 11 is 25.0. The quantitative estimate of drug-likeness (QED) is 0.0951. The summed E-state index contributed by atoms with van der Waals surface area (Å²) in [6, 6.07) is 14.1. The number of fused-ring (bicyclic) bond motifs is 6. The van der Waals surface area contributed by atoms with Crippen LogP contribution in [-0.4, -0.2) is 68.0 Å². The van der Waals surface area contributed by atoms with E-state index in [1.54, 1.807) is 36.4 Å². The molecule has 6 atom stereocenters. The zero-order valence-electron chi connectivity index (χ0n) is 52.0. The predicted octanol–water partition coefficient (Wildman–Crippen LogP) is 15.6. The third-order valence-corrected chi connectivity index (χ3v) is 24.2. The molecule has 10 aliphatic rings. The minimum Gasteiger partial charge on any atom is -0.481 e. The maximum Gasteiger partial charge on any atom is 0.340 e. The van der Waals surface area contributed by atoms with Gasteiger partial charge in [0.1, 0.15) is 5.78 Å². The largest absolute Gasteiger partial charge is 0.481 e. The molecule has 14 rings (SSSR count). The number of benzene rings is 2. The first kappa shape index (κ1) is 67.8. The lowest BCUT2D eigenvalue weighted by Crippen LogP contribution is -2.52. The van der Waals surface area contributed by atoms with Crippen LogP contribution < -0.4 is 16.4 Å². The minimum atomic E-state index is -1.25. The number of carbonyl (C=O) groups excluding carboxylic acids is 5. The Labute approximate surface area is 560 Å². The number of carboxylic acids is 1. The Hall–Kier alpha value is -5.63. The third kappa shape index (κ3) is 11.9. The average molecular weight is 1360 g/mol. The first-order chi connectivity index (χ1) is 43.2. The fraction of sp³-hybridized carbons (Fsp3) is 0.565. The van der Waals surface area contributed by atoms with E-state index in [0.717, 1.165) is 107 Å². The molecule has 4 aliphatic heterocycles. The number of rotatable bonds is 8. The monoisotopic (exact) mass is 1360 g/mol. The topological polar surface area (TPSA) is 242 Å². The summed E-state index contributed by atoms with van der Waals surface area (Å²) in [5.74, 6) is -5.82. The van der Waals surface area contributed by atoms with E-state index < -0.39 is 62.9 Å². The average Bonchev–Trinajstić information content (AvgIpc) is 1.51. The number of aliphatic carboxylic acids is 1. The van der Waals surface area contributed by atoms with Gasteiger partial charge in [0.05, 0.1) is 41.0 Å². The van der Waals surface area contributed by atoms with Gasteiger partial charge in [0.25, 0.3) is 0 Å². The Morgan fingerprint density at radius 3 is 1.40 bits per heavy atom. The highest BCUT2D eigenvalue weighted by atomic mass is 35.5. The Kier molecular flexibility index (Phi) is 19.0. The van der Waals surface area contributed by atoms with Crippen molar-refractivity contribution < 1.29 is 52.3 Å². The van der Waals surface area contributed by atoms with Crippen molar-refractivity contribution in [3.8, 4) is 0 Å². The van der Waals surface area contributed by atoms with Crippen LogP contribution in [0.3, 0.4) is 0 Å². The van der Waals surface area contributed by atoms with E-state index in [1.807, 2.05) is 6.07 Å². The Bertz CT molecular complexity index is 3680. The number of nitrogens with zero attached hydrogens (tertiary/aromatic N) is 4. The highest BCUT2D eigenvalue weighted by molar-refractivity contribution is 6.32. The number of ketones is 1. The Morgan fingerprint density at radius 1 is 0.598 bits per heavy atom. The normalized spacial score (nSPS) is 30.8. The number of aromatic nitrogens is 2. The summed E-state index contributed by atoms with van der Waals surface area (Å²) in [6.07, 6.45) is 18.5.